The van der Waals surface area contributed by atoms with E-state index in [9.17, 15) is 22.4 Å². The number of hydrogen-bond acceptors (Lipinski definition) is 3. The van der Waals surface area contributed by atoms with Crippen molar-refractivity contribution in [3.8, 4) is 10.6 Å². The Morgan fingerprint density at radius 2 is 2.00 bits per heavy atom. The Bertz CT molecular complexity index is 636. The highest BCUT2D eigenvalue weighted by Gasteiger charge is 2.35. The van der Waals surface area contributed by atoms with Gasteiger partial charge in [-0.05, 0) is 18.2 Å². The Hall–Kier alpha value is -1.96. The largest absolute Gasteiger partial charge is 0.476 e. The molecule has 8 heteroatoms. The molecule has 0 aliphatic carbocycles. The number of hydrogen-bond donors (Lipinski definition) is 1. The molecule has 0 atom stereocenters. The van der Waals surface area contributed by atoms with E-state index in [0.717, 1.165) is 28.8 Å². The van der Waals surface area contributed by atoms with Gasteiger partial charge in [0.05, 0.1) is 5.56 Å². The predicted molar refractivity (Wildman–Crippen MR) is 59.5 cm³/mol. The van der Waals surface area contributed by atoms with E-state index in [1.165, 1.54) is 0 Å². The van der Waals surface area contributed by atoms with Gasteiger partial charge in [-0.3, -0.25) is 0 Å². The fraction of sp³-hybridized carbons (Fsp3) is 0.0909. The summed E-state index contributed by atoms with van der Waals surface area (Å²) < 4.78 is 51.2. The summed E-state index contributed by atoms with van der Waals surface area (Å²) in [6.45, 7) is 0. The molecule has 3 nitrogen and oxygen atoms in total. The van der Waals surface area contributed by atoms with Crippen LogP contribution in [-0.4, -0.2) is 16.1 Å². The number of aromatic nitrogens is 1. The van der Waals surface area contributed by atoms with Crippen LogP contribution in [0.5, 0.6) is 0 Å². The van der Waals surface area contributed by atoms with Crippen molar-refractivity contribution in [3.05, 3.63) is 40.7 Å². The zero-order valence-electron chi connectivity index (χ0n) is 9.03. The third-order valence-electron chi connectivity index (χ3n) is 2.24. The topological polar surface area (TPSA) is 50.2 Å². The van der Waals surface area contributed by atoms with E-state index in [1.54, 1.807) is 0 Å². The average molecular weight is 291 g/mol. The van der Waals surface area contributed by atoms with Crippen molar-refractivity contribution in [2.45, 2.75) is 6.18 Å². The van der Waals surface area contributed by atoms with Gasteiger partial charge in [-0.15, -0.1) is 11.3 Å². The van der Waals surface area contributed by atoms with Crippen LogP contribution in [0.2, 0.25) is 0 Å². The second kappa shape index (κ2) is 4.61. The van der Waals surface area contributed by atoms with Crippen molar-refractivity contribution in [2.75, 3.05) is 0 Å². The second-order valence-corrected chi connectivity index (χ2v) is 4.39. The van der Waals surface area contributed by atoms with Crippen molar-refractivity contribution < 1.29 is 27.5 Å². The molecule has 100 valence electrons. The summed E-state index contributed by atoms with van der Waals surface area (Å²) in [5.41, 5.74) is -1.87. The van der Waals surface area contributed by atoms with Crippen LogP contribution in [0, 0.1) is 5.82 Å². The maximum absolute atomic E-state index is 12.9. The summed E-state index contributed by atoms with van der Waals surface area (Å²) in [4.78, 5) is 14.2. The van der Waals surface area contributed by atoms with E-state index >= 15 is 0 Å². The monoisotopic (exact) mass is 291 g/mol. The molecule has 1 heterocycles. The van der Waals surface area contributed by atoms with Crippen LogP contribution in [-0.2, 0) is 6.18 Å². The highest BCUT2D eigenvalue weighted by molar-refractivity contribution is 7.13. The Labute approximate surface area is 108 Å². The molecule has 1 N–H and O–H groups in total. The highest BCUT2D eigenvalue weighted by atomic mass is 32.1. The van der Waals surface area contributed by atoms with E-state index in [0.29, 0.717) is 6.07 Å². The molecule has 0 fully saturated rings. The lowest BCUT2D eigenvalue weighted by Gasteiger charge is -2.10. The molecule has 1 aromatic carbocycles. The van der Waals surface area contributed by atoms with E-state index in [2.05, 4.69) is 4.98 Å². The lowest BCUT2D eigenvalue weighted by Crippen LogP contribution is -2.08. The molecule has 1 aromatic heterocycles. The SMILES string of the molecule is O=C(O)c1csc(-c2ccc(F)cc2C(F)(F)F)n1. The van der Waals surface area contributed by atoms with Crippen LogP contribution in [0.15, 0.2) is 23.6 Å². The van der Waals surface area contributed by atoms with E-state index in [-0.39, 0.29) is 16.3 Å². The fourth-order valence-electron chi connectivity index (χ4n) is 1.43. The van der Waals surface area contributed by atoms with Crippen LogP contribution in [0.4, 0.5) is 17.6 Å². The number of carboxylic acid groups (broad SMARTS) is 1. The van der Waals surface area contributed by atoms with E-state index in [4.69, 9.17) is 5.11 Å². The summed E-state index contributed by atoms with van der Waals surface area (Å²) in [5, 5.41) is 9.69. The first kappa shape index (κ1) is 13.5. The molecule has 0 spiro atoms. The fourth-order valence-corrected chi connectivity index (χ4v) is 2.27. The summed E-state index contributed by atoms with van der Waals surface area (Å²) in [7, 11) is 0. The maximum Gasteiger partial charge on any atom is 0.417 e. The standard InChI is InChI=1S/C11H5F4NO2S/c12-5-1-2-6(7(3-5)11(13,14)15)9-16-8(4-19-9)10(17)18/h1-4H,(H,17,18). The van der Waals surface area contributed by atoms with Crippen LogP contribution in [0.1, 0.15) is 16.1 Å². The molecule has 0 radical (unpaired) electrons. The number of carboxylic acids is 1. The number of benzene rings is 1. The van der Waals surface area contributed by atoms with Gasteiger partial charge in [0, 0.05) is 10.9 Å². The molecule has 2 rings (SSSR count). The van der Waals surface area contributed by atoms with Gasteiger partial charge in [-0.1, -0.05) is 0 Å². The molecule has 2 aromatic rings. The minimum atomic E-state index is -4.74. The van der Waals surface area contributed by atoms with E-state index < -0.39 is 23.5 Å². The number of halogens is 4. The normalized spacial score (nSPS) is 11.6. The van der Waals surface area contributed by atoms with Crippen molar-refractivity contribution in [1.82, 2.24) is 4.98 Å². The van der Waals surface area contributed by atoms with Gasteiger partial charge >= 0.3 is 12.1 Å². The van der Waals surface area contributed by atoms with Gasteiger partial charge in [0.25, 0.3) is 0 Å². The second-order valence-electron chi connectivity index (χ2n) is 3.53. The zero-order chi connectivity index (χ0) is 14.2. The Morgan fingerprint density at radius 1 is 1.32 bits per heavy atom. The smallest absolute Gasteiger partial charge is 0.417 e. The average Bonchev–Trinajstić information content (AvgIpc) is 2.77. The Morgan fingerprint density at radius 3 is 2.53 bits per heavy atom. The predicted octanol–water partition coefficient (Wildman–Crippen LogP) is 3.67. The van der Waals surface area contributed by atoms with Crippen molar-refractivity contribution in [1.29, 1.82) is 0 Å². The van der Waals surface area contributed by atoms with Gasteiger partial charge in [0.1, 0.15) is 10.8 Å². The molecular weight excluding hydrogens is 286 g/mol. The molecule has 0 aliphatic rings. The highest BCUT2D eigenvalue weighted by Crippen LogP contribution is 2.38. The number of nitrogens with zero attached hydrogens (tertiary/aromatic N) is 1. The summed E-state index contributed by atoms with van der Waals surface area (Å²) in [6.07, 6.45) is -4.74. The summed E-state index contributed by atoms with van der Waals surface area (Å²) >= 11 is 0.753. The van der Waals surface area contributed by atoms with Gasteiger partial charge in [0.15, 0.2) is 5.69 Å². The molecule has 0 saturated carbocycles. The summed E-state index contributed by atoms with van der Waals surface area (Å²) in [6, 6.07) is 2.16. The van der Waals surface area contributed by atoms with Gasteiger partial charge in [0.2, 0.25) is 0 Å². The summed E-state index contributed by atoms with van der Waals surface area (Å²) in [5.74, 6) is -2.36. The molecular formula is C11H5F4NO2S. The van der Waals surface area contributed by atoms with Gasteiger partial charge in [-0.2, -0.15) is 13.2 Å². The van der Waals surface area contributed by atoms with Crippen LogP contribution >= 0.6 is 11.3 Å². The lowest BCUT2D eigenvalue weighted by molar-refractivity contribution is -0.137. The molecule has 0 saturated heterocycles. The molecule has 0 aliphatic heterocycles. The number of thiazole rings is 1. The Kier molecular flexibility index (Phi) is 3.27. The van der Waals surface area contributed by atoms with Crippen molar-refractivity contribution in [3.63, 3.8) is 0 Å². The van der Waals surface area contributed by atoms with Crippen molar-refractivity contribution in [2.24, 2.45) is 0 Å². The third kappa shape index (κ3) is 2.73. The molecule has 0 amide bonds. The first-order valence-electron chi connectivity index (χ1n) is 4.85. The molecule has 19 heavy (non-hydrogen) atoms. The quantitative estimate of drug-likeness (QED) is 0.859. The van der Waals surface area contributed by atoms with Gasteiger partial charge < -0.3 is 5.11 Å². The maximum atomic E-state index is 12.9. The Balaban J connectivity index is 2.58. The minimum absolute atomic E-state index is 0.121. The van der Waals surface area contributed by atoms with Crippen LogP contribution in [0.25, 0.3) is 10.6 Å². The number of rotatable bonds is 2. The van der Waals surface area contributed by atoms with E-state index in [1.807, 2.05) is 0 Å². The lowest BCUT2D eigenvalue weighted by atomic mass is 10.1. The van der Waals surface area contributed by atoms with Crippen molar-refractivity contribution >= 4 is 17.3 Å². The minimum Gasteiger partial charge on any atom is -0.476 e. The first-order chi connectivity index (χ1) is 8.79. The van der Waals surface area contributed by atoms with Crippen LogP contribution in [0.3, 0.4) is 0 Å². The molecule has 0 unspecified atom stereocenters. The number of carbonyl (C=O) groups is 1. The number of alkyl halides is 3. The third-order valence-corrected chi connectivity index (χ3v) is 3.12. The molecule has 0 bridgehead atoms. The zero-order valence-corrected chi connectivity index (χ0v) is 9.85. The van der Waals surface area contributed by atoms with Crippen LogP contribution < -0.4 is 0 Å². The first-order valence-corrected chi connectivity index (χ1v) is 5.73. The number of aromatic carboxylic acids is 1. The van der Waals surface area contributed by atoms with Gasteiger partial charge in [-0.25, -0.2) is 14.2 Å².